The number of hydrogen-bond donors (Lipinski definition) is 1. The van der Waals surface area contributed by atoms with Crippen LogP contribution >= 0.6 is 11.8 Å². The maximum Gasteiger partial charge on any atom is 0.136 e. The molecule has 0 bridgehead atoms. The fourth-order valence-corrected chi connectivity index (χ4v) is 3.37. The quantitative estimate of drug-likeness (QED) is 0.699. The molecule has 0 spiro atoms. The van der Waals surface area contributed by atoms with E-state index in [0.29, 0.717) is 11.3 Å². The molecule has 2 unspecified atom stereocenters. The van der Waals surface area contributed by atoms with Gasteiger partial charge in [-0.25, -0.2) is 4.39 Å². The van der Waals surface area contributed by atoms with Gasteiger partial charge in [0.15, 0.2) is 0 Å². The lowest BCUT2D eigenvalue weighted by Gasteiger charge is -2.26. The van der Waals surface area contributed by atoms with Crippen molar-refractivity contribution in [3.63, 3.8) is 0 Å². The predicted molar refractivity (Wildman–Crippen MR) is 78.7 cm³/mol. The highest BCUT2D eigenvalue weighted by molar-refractivity contribution is 8.00. The van der Waals surface area contributed by atoms with E-state index in [4.69, 9.17) is 0 Å². The van der Waals surface area contributed by atoms with Crippen LogP contribution < -0.4 is 5.32 Å². The lowest BCUT2D eigenvalue weighted by Crippen LogP contribution is -2.37. The number of thioether (sulfide) groups is 1. The third-order valence-corrected chi connectivity index (χ3v) is 4.58. The van der Waals surface area contributed by atoms with Crippen LogP contribution in [-0.2, 0) is 0 Å². The van der Waals surface area contributed by atoms with Gasteiger partial charge in [0, 0.05) is 16.2 Å². The van der Waals surface area contributed by atoms with Crippen molar-refractivity contribution in [1.82, 2.24) is 5.32 Å². The van der Waals surface area contributed by atoms with Crippen LogP contribution in [0.4, 0.5) is 4.39 Å². The SMILES string of the molecule is CCCC(NCC)C(CC)Sc1ccccc1F. The molecule has 102 valence electrons. The van der Waals surface area contributed by atoms with Crippen molar-refractivity contribution in [3.8, 4) is 0 Å². The molecule has 0 aliphatic carbocycles. The van der Waals surface area contributed by atoms with Crippen molar-refractivity contribution >= 4 is 11.8 Å². The number of hydrogen-bond acceptors (Lipinski definition) is 2. The van der Waals surface area contributed by atoms with Crippen LogP contribution in [0.5, 0.6) is 0 Å². The van der Waals surface area contributed by atoms with E-state index < -0.39 is 0 Å². The zero-order chi connectivity index (χ0) is 13.4. The molecule has 0 fully saturated rings. The first-order valence-corrected chi connectivity index (χ1v) is 7.75. The first-order valence-electron chi connectivity index (χ1n) is 6.87. The summed E-state index contributed by atoms with van der Waals surface area (Å²) in [5.74, 6) is -0.104. The zero-order valence-electron chi connectivity index (χ0n) is 11.6. The number of benzene rings is 1. The molecule has 1 rings (SSSR count). The number of rotatable bonds is 8. The van der Waals surface area contributed by atoms with E-state index in [0.717, 1.165) is 30.7 Å². The molecule has 1 nitrogen and oxygen atoms in total. The second-order valence-corrected chi connectivity index (χ2v) is 5.73. The maximum atomic E-state index is 13.7. The Kier molecular flexibility index (Phi) is 7.36. The molecule has 0 aliphatic rings. The normalized spacial score (nSPS) is 14.4. The van der Waals surface area contributed by atoms with E-state index in [1.165, 1.54) is 6.07 Å². The molecule has 0 aliphatic heterocycles. The molecule has 1 N–H and O–H groups in total. The van der Waals surface area contributed by atoms with Gasteiger partial charge in [-0.05, 0) is 31.5 Å². The minimum Gasteiger partial charge on any atom is -0.313 e. The molecule has 1 aromatic rings. The molecule has 0 saturated carbocycles. The Bertz CT molecular complexity index is 337. The topological polar surface area (TPSA) is 12.0 Å². The fraction of sp³-hybridized carbons (Fsp3) is 0.600. The zero-order valence-corrected chi connectivity index (χ0v) is 12.4. The third-order valence-electron chi connectivity index (χ3n) is 3.03. The number of halogens is 1. The summed E-state index contributed by atoms with van der Waals surface area (Å²) in [4.78, 5) is 0.767. The second kappa shape index (κ2) is 8.54. The lowest BCUT2D eigenvalue weighted by molar-refractivity contribution is 0.465. The van der Waals surface area contributed by atoms with Crippen LogP contribution in [-0.4, -0.2) is 17.8 Å². The highest BCUT2D eigenvalue weighted by atomic mass is 32.2. The number of nitrogens with one attached hydrogen (secondary N) is 1. The molecule has 0 saturated heterocycles. The van der Waals surface area contributed by atoms with Gasteiger partial charge >= 0.3 is 0 Å². The molecule has 3 heteroatoms. The Balaban J connectivity index is 2.73. The van der Waals surface area contributed by atoms with Crippen molar-refractivity contribution < 1.29 is 4.39 Å². The molecule has 1 aromatic carbocycles. The maximum absolute atomic E-state index is 13.7. The van der Waals surface area contributed by atoms with E-state index in [2.05, 4.69) is 26.1 Å². The summed E-state index contributed by atoms with van der Waals surface area (Å²) in [7, 11) is 0. The first kappa shape index (κ1) is 15.5. The molecular formula is C15H24FNS. The van der Waals surface area contributed by atoms with E-state index in [-0.39, 0.29) is 5.82 Å². The van der Waals surface area contributed by atoms with Crippen molar-refractivity contribution in [3.05, 3.63) is 30.1 Å². The van der Waals surface area contributed by atoms with Gasteiger partial charge in [0.2, 0.25) is 0 Å². The van der Waals surface area contributed by atoms with Gasteiger partial charge in [-0.1, -0.05) is 39.3 Å². The largest absolute Gasteiger partial charge is 0.313 e. The predicted octanol–water partition coefficient (Wildman–Crippen LogP) is 4.47. The summed E-state index contributed by atoms with van der Waals surface area (Å²) in [5.41, 5.74) is 0. The minimum absolute atomic E-state index is 0.104. The van der Waals surface area contributed by atoms with Gasteiger partial charge in [-0.3, -0.25) is 0 Å². The molecule has 2 atom stereocenters. The Labute approximate surface area is 115 Å². The minimum atomic E-state index is -0.104. The van der Waals surface area contributed by atoms with Crippen LogP contribution in [0.1, 0.15) is 40.0 Å². The van der Waals surface area contributed by atoms with E-state index in [1.807, 2.05) is 12.1 Å². The van der Waals surface area contributed by atoms with Crippen LogP contribution in [0.2, 0.25) is 0 Å². The molecule has 0 radical (unpaired) electrons. The highest BCUT2D eigenvalue weighted by Gasteiger charge is 2.20. The monoisotopic (exact) mass is 269 g/mol. The summed E-state index contributed by atoms with van der Waals surface area (Å²) in [5, 5.41) is 3.96. The van der Waals surface area contributed by atoms with Crippen LogP contribution in [0.25, 0.3) is 0 Å². The molecule has 18 heavy (non-hydrogen) atoms. The van der Waals surface area contributed by atoms with Gasteiger partial charge in [-0.15, -0.1) is 11.8 Å². The Morgan fingerprint density at radius 3 is 2.50 bits per heavy atom. The second-order valence-electron chi connectivity index (χ2n) is 4.45. The van der Waals surface area contributed by atoms with E-state index in [9.17, 15) is 4.39 Å². The fourth-order valence-electron chi connectivity index (χ4n) is 2.15. The van der Waals surface area contributed by atoms with Crippen molar-refractivity contribution in [2.45, 2.75) is 56.2 Å². The van der Waals surface area contributed by atoms with Gasteiger partial charge in [-0.2, -0.15) is 0 Å². The van der Waals surface area contributed by atoms with Crippen LogP contribution in [0.3, 0.4) is 0 Å². The average Bonchev–Trinajstić information content (AvgIpc) is 2.38. The van der Waals surface area contributed by atoms with Crippen LogP contribution in [0.15, 0.2) is 29.2 Å². The molecule has 0 aromatic heterocycles. The summed E-state index contributed by atoms with van der Waals surface area (Å²) in [6, 6.07) is 7.53. The summed E-state index contributed by atoms with van der Waals surface area (Å²) in [6.45, 7) is 7.48. The molecule has 0 heterocycles. The van der Waals surface area contributed by atoms with Crippen molar-refractivity contribution in [2.24, 2.45) is 0 Å². The summed E-state index contributed by atoms with van der Waals surface area (Å²) >= 11 is 1.67. The Hall–Kier alpha value is -0.540. The van der Waals surface area contributed by atoms with E-state index >= 15 is 0 Å². The Morgan fingerprint density at radius 1 is 1.22 bits per heavy atom. The summed E-state index contributed by atoms with van der Waals surface area (Å²) < 4.78 is 13.7. The molecular weight excluding hydrogens is 245 g/mol. The molecule has 0 amide bonds. The van der Waals surface area contributed by atoms with Gasteiger partial charge in [0.05, 0.1) is 0 Å². The lowest BCUT2D eigenvalue weighted by atomic mass is 10.1. The van der Waals surface area contributed by atoms with Gasteiger partial charge in [0.25, 0.3) is 0 Å². The van der Waals surface area contributed by atoms with Gasteiger partial charge in [0.1, 0.15) is 5.82 Å². The average molecular weight is 269 g/mol. The standard InChI is InChI=1S/C15H24FNS/c1-4-9-13(17-6-3)14(5-2)18-15-11-8-7-10-12(15)16/h7-8,10-11,13-14,17H,4-6,9H2,1-3H3. The van der Waals surface area contributed by atoms with Crippen molar-refractivity contribution in [1.29, 1.82) is 0 Å². The first-order chi connectivity index (χ1) is 8.72. The smallest absolute Gasteiger partial charge is 0.136 e. The van der Waals surface area contributed by atoms with Crippen molar-refractivity contribution in [2.75, 3.05) is 6.54 Å². The van der Waals surface area contributed by atoms with E-state index in [1.54, 1.807) is 17.8 Å². The Morgan fingerprint density at radius 2 is 1.94 bits per heavy atom. The van der Waals surface area contributed by atoms with Crippen LogP contribution in [0, 0.1) is 5.82 Å². The summed E-state index contributed by atoms with van der Waals surface area (Å²) in [6.07, 6.45) is 3.36. The highest BCUT2D eigenvalue weighted by Crippen LogP contribution is 2.30. The third kappa shape index (κ3) is 4.62. The van der Waals surface area contributed by atoms with Gasteiger partial charge < -0.3 is 5.32 Å².